The summed E-state index contributed by atoms with van der Waals surface area (Å²) in [7, 11) is 1.53. The maximum atomic E-state index is 12.6. The van der Waals surface area contributed by atoms with E-state index in [0.717, 1.165) is 5.52 Å². The molecule has 0 saturated heterocycles. The summed E-state index contributed by atoms with van der Waals surface area (Å²) in [6.45, 7) is 0. The van der Waals surface area contributed by atoms with Gasteiger partial charge in [-0.3, -0.25) is 4.79 Å². The van der Waals surface area contributed by atoms with Crippen LogP contribution in [0.2, 0.25) is 0 Å². The van der Waals surface area contributed by atoms with E-state index >= 15 is 0 Å². The highest BCUT2D eigenvalue weighted by Crippen LogP contribution is 2.32. The van der Waals surface area contributed by atoms with Gasteiger partial charge >= 0.3 is 0 Å². The first-order valence-corrected chi connectivity index (χ1v) is 8.53. The normalized spacial score (nSPS) is 10.4. The Morgan fingerprint density at radius 2 is 1.89 bits per heavy atom. The zero-order valence-electron chi connectivity index (χ0n) is 15.0. The number of rotatable bonds is 4. The second-order valence-corrected chi connectivity index (χ2v) is 6.05. The van der Waals surface area contributed by atoms with Gasteiger partial charge in [-0.25, -0.2) is 4.98 Å². The number of nitrogens with one attached hydrogen (secondary N) is 1. The van der Waals surface area contributed by atoms with Crippen LogP contribution in [0.1, 0.15) is 15.9 Å². The summed E-state index contributed by atoms with van der Waals surface area (Å²) in [4.78, 5) is 17.1. The van der Waals surface area contributed by atoms with Crippen molar-refractivity contribution in [2.24, 2.45) is 0 Å². The Morgan fingerprint density at radius 3 is 2.61 bits per heavy atom. The molecule has 6 heteroatoms. The van der Waals surface area contributed by atoms with Gasteiger partial charge in [0.1, 0.15) is 11.3 Å². The number of benzene rings is 3. The number of fused-ring (bicyclic) bond motifs is 1. The van der Waals surface area contributed by atoms with Crippen molar-refractivity contribution < 1.29 is 13.9 Å². The second-order valence-electron chi connectivity index (χ2n) is 6.05. The number of methoxy groups -OCH3 is 1. The molecule has 1 N–H and O–H groups in total. The van der Waals surface area contributed by atoms with Crippen molar-refractivity contribution in [2.75, 3.05) is 12.4 Å². The van der Waals surface area contributed by atoms with E-state index in [4.69, 9.17) is 14.4 Å². The molecular weight excluding hydrogens is 354 g/mol. The Hall–Kier alpha value is -4.11. The van der Waals surface area contributed by atoms with E-state index < -0.39 is 0 Å². The number of amides is 1. The van der Waals surface area contributed by atoms with Crippen molar-refractivity contribution in [3.8, 4) is 23.3 Å². The van der Waals surface area contributed by atoms with Gasteiger partial charge in [0.05, 0.1) is 24.4 Å². The zero-order valence-corrected chi connectivity index (χ0v) is 15.0. The number of oxazole rings is 1. The van der Waals surface area contributed by atoms with E-state index in [0.29, 0.717) is 39.6 Å². The maximum absolute atomic E-state index is 12.6. The van der Waals surface area contributed by atoms with Gasteiger partial charge in [-0.2, -0.15) is 5.26 Å². The molecule has 1 heterocycles. The minimum atomic E-state index is -0.308. The highest BCUT2D eigenvalue weighted by Gasteiger charge is 2.14. The first-order valence-electron chi connectivity index (χ1n) is 8.53. The number of carbonyl (C=O) groups excluding carboxylic acids is 1. The largest absolute Gasteiger partial charge is 0.495 e. The van der Waals surface area contributed by atoms with E-state index in [-0.39, 0.29) is 5.91 Å². The molecule has 0 fully saturated rings. The third-order valence-corrected chi connectivity index (χ3v) is 4.26. The maximum Gasteiger partial charge on any atom is 0.255 e. The molecule has 1 aromatic heterocycles. The quantitative estimate of drug-likeness (QED) is 0.567. The van der Waals surface area contributed by atoms with E-state index in [1.807, 2.05) is 36.4 Å². The average molecular weight is 369 g/mol. The van der Waals surface area contributed by atoms with Crippen molar-refractivity contribution in [3.05, 3.63) is 77.9 Å². The predicted octanol–water partition coefficient (Wildman–Crippen LogP) is 4.63. The number of nitriles is 1. The summed E-state index contributed by atoms with van der Waals surface area (Å²) >= 11 is 0. The van der Waals surface area contributed by atoms with Gasteiger partial charge in [-0.15, -0.1) is 0 Å². The van der Waals surface area contributed by atoms with Gasteiger partial charge in [0.2, 0.25) is 5.89 Å². The van der Waals surface area contributed by atoms with Crippen molar-refractivity contribution in [2.45, 2.75) is 0 Å². The van der Waals surface area contributed by atoms with Crippen LogP contribution in [0.3, 0.4) is 0 Å². The Morgan fingerprint density at radius 1 is 1.11 bits per heavy atom. The van der Waals surface area contributed by atoms with Crippen LogP contribution in [0, 0.1) is 11.3 Å². The summed E-state index contributed by atoms with van der Waals surface area (Å²) in [5.74, 6) is 0.664. The molecule has 0 atom stereocenters. The van der Waals surface area contributed by atoms with E-state index in [1.54, 1.807) is 36.4 Å². The molecule has 0 spiro atoms. The van der Waals surface area contributed by atoms with Gasteiger partial charge in [-0.05, 0) is 54.6 Å². The fourth-order valence-corrected chi connectivity index (χ4v) is 2.83. The number of aromatic nitrogens is 1. The molecule has 136 valence electrons. The van der Waals surface area contributed by atoms with Crippen molar-refractivity contribution in [1.29, 1.82) is 5.26 Å². The summed E-state index contributed by atoms with van der Waals surface area (Å²) in [6, 6.07) is 21.3. The standard InChI is InChI=1S/C22H15N3O3/c1-27-19-11-10-16(22-25-17-4-2-3-5-20(17)28-22)12-18(19)24-21(26)15-8-6-14(13-23)7-9-15/h2-12H,1H3,(H,24,26). The van der Waals surface area contributed by atoms with Crippen molar-refractivity contribution >= 4 is 22.7 Å². The molecule has 4 aromatic rings. The first-order chi connectivity index (χ1) is 13.7. The molecule has 0 radical (unpaired) electrons. The second kappa shape index (κ2) is 7.25. The summed E-state index contributed by atoms with van der Waals surface area (Å²) in [5.41, 5.74) is 3.59. The summed E-state index contributed by atoms with van der Waals surface area (Å²) in [5, 5.41) is 11.7. The number of hydrogen-bond acceptors (Lipinski definition) is 5. The highest BCUT2D eigenvalue weighted by atomic mass is 16.5. The van der Waals surface area contributed by atoms with E-state index in [2.05, 4.69) is 10.3 Å². The van der Waals surface area contributed by atoms with Crippen LogP contribution in [-0.4, -0.2) is 18.0 Å². The van der Waals surface area contributed by atoms with Crippen LogP contribution >= 0.6 is 0 Å². The van der Waals surface area contributed by atoms with Gasteiger partial charge in [-0.1, -0.05) is 12.1 Å². The van der Waals surface area contributed by atoms with Gasteiger partial charge < -0.3 is 14.5 Å². The molecule has 1 amide bonds. The van der Waals surface area contributed by atoms with Crippen LogP contribution in [0.5, 0.6) is 5.75 Å². The third-order valence-electron chi connectivity index (χ3n) is 4.26. The Balaban J connectivity index is 1.66. The van der Waals surface area contributed by atoms with Gasteiger partial charge in [0.15, 0.2) is 5.58 Å². The SMILES string of the molecule is COc1ccc(-c2nc3ccccc3o2)cc1NC(=O)c1ccc(C#N)cc1. The van der Waals surface area contributed by atoms with Crippen molar-refractivity contribution in [1.82, 2.24) is 4.98 Å². The minimum Gasteiger partial charge on any atom is -0.495 e. The highest BCUT2D eigenvalue weighted by molar-refractivity contribution is 6.05. The summed E-state index contributed by atoms with van der Waals surface area (Å²) < 4.78 is 11.2. The van der Waals surface area contributed by atoms with Gasteiger partial charge in [0.25, 0.3) is 5.91 Å². The van der Waals surface area contributed by atoms with Crippen LogP contribution in [0.15, 0.2) is 71.1 Å². The number of hydrogen-bond donors (Lipinski definition) is 1. The fourth-order valence-electron chi connectivity index (χ4n) is 2.83. The van der Waals surface area contributed by atoms with Crippen LogP contribution in [0.4, 0.5) is 5.69 Å². The zero-order chi connectivity index (χ0) is 19.5. The monoisotopic (exact) mass is 369 g/mol. The molecule has 0 unspecified atom stereocenters. The van der Waals surface area contributed by atoms with Gasteiger partial charge in [0, 0.05) is 11.1 Å². The van der Waals surface area contributed by atoms with Crippen LogP contribution in [0.25, 0.3) is 22.6 Å². The van der Waals surface area contributed by atoms with Crippen LogP contribution in [-0.2, 0) is 0 Å². The van der Waals surface area contributed by atoms with E-state index in [9.17, 15) is 4.79 Å². The molecule has 0 saturated carbocycles. The fraction of sp³-hybridized carbons (Fsp3) is 0.0455. The topological polar surface area (TPSA) is 88.2 Å². The lowest BCUT2D eigenvalue weighted by atomic mass is 10.1. The number of ether oxygens (including phenoxy) is 1. The number of para-hydroxylation sites is 2. The lowest BCUT2D eigenvalue weighted by Crippen LogP contribution is -2.12. The lowest BCUT2D eigenvalue weighted by Gasteiger charge is -2.11. The molecule has 0 aliphatic carbocycles. The first kappa shape index (κ1) is 17.3. The number of nitrogens with zero attached hydrogens (tertiary/aromatic N) is 2. The Labute approximate surface area is 161 Å². The minimum absolute atomic E-state index is 0.308. The van der Waals surface area contributed by atoms with E-state index in [1.165, 1.54) is 7.11 Å². The molecular formula is C22H15N3O3. The van der Waals surface area contributed by atoms with Crippen LogP contribution < -0.4 is 10.1 Å². The third kappa shape index (κ3) is 3.29. The lowest BCUT2D eigenvalue weighted by molar-refractivity contribution is 0.102. The smallest absolute Gasteiger partial charge is 0.255 e. The average Bonchev–Trinajstić information content (AvgIpc) is 3.18. The molecule has 3 aromatic carbocycles. The number of carbonyl (C=O) groups is 1. The Bertz CT molecular complexity index is 1170. The molecule has 0 bridgehead atoms. The predicted molar refractivity (Wildman–Crippen MR) is 105 cm³/mol. The summed E-state index contributed by atoms with van der Waals surface area (Å²) in [6.07, 6.45) is 0. The molecule has 0 aliphatic rings. The molecule has 28 heavy (non-hydrogen) atoms. The molecule has 0 aliphatic heterocycles. The number of anilines is 1. The van der Waals surface area contributed by atoms with Crippen molar-refractivity contribution in [3.63, 3.8) is 0 Å². The molecule has 6 nitrogen and oxygen atoms in total. The molecule has 4 rings (SSSR count). The Kier molecular flexibility index (Phi) is 4.48.